The van der Waals surface area contributed by atoms with Crippen molar-refractivity contribution in [1.29, 1.82) is 0 Å². The smallest absolute Gasteiger partial charge is 0.329 e. The summed E-state index contributed by atoms with van der Waals surface area (Å²) in [6, 6.07) is 6.82. The number of ether oxygens (including phenoxy) is 2. The van der Waals surface area contributed by atoms with Crippen LogP contribution in [-0.2, 0) is 32.0 Å². The number of fused-ring (bicyclic) bond motifs is 1. The number of rotatable bonds is 5. The monoisotopic (exact) mass is 432 g/mol. The number of hydrogen-bond donors (Lipinski definition) is 0. The minimum Gasteiger partial charge on any atom is -0.460 e. The molecule has 0 aliphatic carbocycles. The van der Waals surface area contributed by atoms with E-state index in [1.54, 1.807) is 9.80 Å². The summed E-state index contributed by atoms with van der Waals surface area (Å²) in [6.07, 6.45) is 0.499. The lowest BCUT2D eigenvalue weighted by molar-refractivity contribution is -0.161. The van der Waals surface area contributed by atoms with Gasteiger partial charge in [-0.05, 0) is 59.6 Å². The van der Waals surface area contributed by atoms with Crippen molar-refractivity contribution in [1.82, 2.24) is 9.80 Å². The fraction of sp³-hybridized carbons (Fsp3) is 0.625. The Bertz CT molecular complexity index is 807. The number of carbonyl (C=O) groups excluding carboxylic acids is 3. The van der Waals surface area contributed by atoms with Crippen LogP contribution < -0.4 is 0 Å². The van der Waals surface area contributed by atoms with E-state index in [1.807, 2.05) is 72.7 Å². The van der Waals surface area contributed by atoms with Gasteiger partial charge in [0.15, 0.2) is 0 Å². The average Bonchev–Trinajstić information content (AvgIpc) is 2.64. The molecule has 0 N–H and O–H groups in total. The number of esters is 2. The van der Waals surface area contributed by atoms with Crippen molar-refractivity contribution in [2.45, 2.75) is 85.1 Å². The number of hydrogen-bond acceptors (Lipinski definition) is 5. The molecule has 7 nitrogen and oxygen atoms in total. The van der Waals surface area contributed by atoms with Gasteiger partial charge < -0.3 is 19.3 Å². The molecule has 1 aromatic carbocycles. The van der Waals surface area contributed by atoms with Gasteiger partial charge in [-0.1, -0.05) is 24.3 Å². The summed E-state index contributed by atoms with van der Waals surface area (Å²) >= 11 is 0. The van der Waals surface area contributed by atoms with Gasteiger partial charge in [0, 0.05) is 26.1 Å². The summed E-state index contributed by atoms with van der Waals surface area (Å²) in [6.45, 7) is 13.7. The standard InChI is InChI=1S/C24H36N2O5/c1-8-25(14-13-20(27)30-23(2,3)4)22(29)26-16-18-12-10-9-11-17(18)15-19(26)21(28)31-24(5,6)7/h9-12,19H,8,13-16H2,1-7H3/t19-/m0/s1. The predicted octanol–water partition coefficient (Wildman–Crippen LogP) is 3.93. The van der Waals surface area contributed by atoms with Gasteiger partial charge in [-0.15, -0.1) is 0 Å². The molecule has 1 aliphatic rings. The maximum Gasteiger partial charge on any atom is 0.329 e. The van der Waals surface area contributed by atoms with Crippen LogP contribution >= 0.6 is 0 Å². The summed E-state index contributed by atoms with van der Waals surface area (Å²) in [5.74, 6) is -0.773. The SMILES string of the molecule is CCN(CCC(=O)OC(C)(C)C)C(=O)N1Cc2ccccc2C[C@H]1C(=O)OC(C)(C)C. The van der Waals surface area contributed by atoms with Gasteiger partial charge in [0.05, 0.1) is 6.42 Å². The summed E-state index contributed by atoms with van der Waals surface area (Å²) in [5, 5.41) is 0. The summed E-state index contributed by atoms with van der Waals surface area (Å²) < 4.78 is 11.0. The molecule has 7 heteroatoms. The van der Waals surface area contributed by atoms with Crippen LogP contribution in [0.5, 0.6) is 0 Å². The average molecular weight is 433 g/mol. The fourth-order valence-corrected chi connectivity index (χ4v) is 3.49. The largest absolute Gasteiger partial charge is 0.460 e. The van der Waals surface area contributed by atoms with Gasteiger partial charge in [0.2, 0.25) is 0 Å². The lowest BCUT2D eigenvalue weighted by atomic mass is 9.94. The van der Waals surface area contributed by atoms with E-state index >= 15 is 0 Å². The maximum atomic E-state index is 13.4. The topological polar surface area (TPSA) is 76.2 Å². The van der Waals surface area contributed by atoms with Gasteiger partial charge in [-0.25, -0.2) is 9.59 Å². The minimum absolute atomic E-state index is 0.0956. The summed E-state index contributed by atoms with van der Waals surface area (Å²) in [5.41, 5.74) is 0.832. The molecule has 0 saturated carbocycles. The number of benzene rings is 1. The molecule has 0 saturated heterocycles. The van der Waals surface area contributed by atoms with Crippen LogP contribution in [0.25, 0.3) is 0 Å². The molecule has 0 radical (unpaired) electrons. The van der Waals surface area contributed by atoms with Gasteiger partial charge in [-0.3, -0.25) is 4.79 Å². The minimum atomic E-state index is -0.711. The zero-order valence-corrected chi connectivity index (χ0v) is 19.9. The first-order valence-corrected chi connectivity index (χ1v) is 10.9. The second-order valence-corrected chi connectivity index (χ2v) is 9.85. The van der Waals surface area contributed by atoms with Gasteiger partial charge in [-0.2, -0.15) is 0 Å². The second-order valence-electron chi connectivity index (χ2n) is 9.85. The van der Waals surface area contributed by atoms with E-state index in [4.69, 9.17) is 9.47 Å². The highest BCUT2D eigenvalue weighted by Gasteiger charge is 2.38. The van der Waals surface area contributed by atoms with Crippen LogP contribution in [-0.4, -0.2) is 58.1 Å². The Morgan fingerprint density at radius 3 is 2.13 bits per heavy atom. The van der Waals surface area contributed by atoms with Crippen molar-refractivity contribution >= 4 is 18.0 Å². The zero-order valence-electron chi connectivity index (χ0n) is 19.9. The number of urea groups is 1. The molecular weight excluding hydrogens is 396 g/mol. The molecule has 0 unspecified atom stereocenters. The first kappa shape index (κ1) is 24.7. The lowest BCUT2D eigenvalue weighted by Crippen LogP contribution is -2.55. The van der Waals surface area contributed by atoms with Crippen molar-refractivity contribution in [3.63, 3.8) is 0 Å². The maximum absolute atomic E-state index is 13.4. The fourth-order valence-electron chi connectivity index (χ4n) is 3.49. The molecule has 0 aromatic heterocycles. The Morgan fingerprint density at radius 2 is 1.58 bits per heavy atom. The molecular formula is C24H36N2O5. The van der Waals surface area contributed by atoms with Crippen molar-refractivity contribution in [3.8, 4) is 0 Å². The molecule has 0 bridgehead atoms. The Hall–Kier alpha value is -2.57. The molecule has 1 aromatic rings. The molecule has 2 rings (SSSR count). The van der Waals surface area contributed by atoms with E-state index in [0.29, 0.717) is 19.5 Å². The van der Waals surface area contributed by atoms with E-state index in [9.17, 15) is 14.4 Å². The van der Waals surface area contributed by atoms with Crippen molar-refractivity contribution in [2.75, 3.05) is 13.1 Å². The number of amides is 2. The molecule has 0 spiro atoms. The third-order valence-electron chi connectivity index (χ3n) is 4.83. The molecule has 1 aliphatic heterocycles. The summed E-state index contributed by atoms with van der Waals surface area (Å²) in [4.78, 5) is 41.6. The van der Waals surface area contributed by atoms with E-state index in [0.717, 1.165) is 11.1 Å². The van der Waals surface area contributed by atoms with Gasteiger partial charge in [0.1, 0.15) is 17.2 Å². The highest BCUT2D eigenvalue weighted by atomic mass is 16.6. The summed E-state index contributed by atoms with van der Waals surface area (Å²) in [7, 11) is 0. The van der Waals surface area contributed by atoms with Crippen LogP contribution in [0.15, 0.2) is 24.3 Å². The van der Waals surface area contributed by atoms with Gasteiger partial charge in [0.25, 0.3) is 0 Å². The third kappa shape index (κ3) is 7.26. The van der Waals surface area contributed by atoms with Crippen LogP contribution in [0.4, 0.5) is 4.79 Å². The molecule has 172 valence electrons. The predicted molar refractivity (Wildman–Crippen MR) is 118 cm³/mol. The quantitative estimate of drug-likeness (QED) is 0.659. The van der Waals surface area contributed by atoms with Crippen LogP contribution in [0.1, 0.15) is 66.0 Å². The lowest BCUT2D eigenvalue weighted by Gasteiger charge is -2.39. The van der Waals surface area contributed by atoms with Crippen LogP contribution in [0, 0.1) is 0 Å². The Labute approximate surface area is 185 Å². The third-order valence-corrected chi connectivity index (χ3v) is 4.83. The first-order chi connectivity index (χ1) is 14.3. The number of nitrogens with zero attached hydrogens (tertiary/aromatic N) is 2. The molecule has 2 amide bonds. The molecule has 31 heavy (non-hydrogen) atoms. The van der Waals surface area contributed by atoms with Crippen LogP contribution in [0.2, 0.25) is 0 Å². The van der Waals surface area contributed by atoms with E-state index in [-0.39, 0.29) is 25.0 Å². The Morgan fingerprint density at radius 1 is 1.00 bits per heavy atom. The van der Waals surface area contributed by atoms with E-state index in [1.165, 1.54) is 0 Å². The Kier molecular flexibility index (Phi) is 7.73. The Balaban J connectivity index is 2.20. The first-order valence-electron chi connectivity index (χ1n) is 10.9. The van der Waals surface area contributed by atoms with E-state index in [2.05, 4.69) is 0 Å². The van der Waals surface area contributed by atoms with Crippen molar-refractivity contribution in [2.24, 2.45) is 0 Å². The molecule has 1 heterocycles. The zero-order chi connectivity index (χ0) is 23.4. The van der Waals surface area contributed by atoms with Crippen molar-refractivity contribution in [3.05, 3.63) is 35.4 Å². The van der Waals surface area contributed by atoms with Gasteiger partial charge >= 0.3 is 18.0 Å². The van der Waals surface area contributed by atoms with Crippen LogP contribution in [0.3, 0.4) is 0 Å². The highest BCUT2D eigenvalue weighted by Crippen LogP contribution is 2.26. The molecule has 1 atom stereocenters. The van der Waals surface area contributed by atoms with E-state index < -0.39 is 23.2 Å². The van der Waals surface area contributed by atoms with Crippen molar-refractivity contribution < 1.29 is 23.9 Å². The second kappa shape index (κ2) is 9.71. The normalized spacial score (nSPS) is 16.4. The highest BCUT2D eigenvalue weighted by molar-refractivity contribution is 5.85. The molecule has 0 fully saturated rings. The number of carbonyl (C=O) groups is 3.